The van der Waals surface area contributed by atoms with Gasteiger partial charge in [-0.2, -0.15) is 0 Å². The number of hydrogen-bond donors (Lipinski definition) is 1. The van der Waals surface area contributed by atoms with Gasteiger partial charge < -0.3 is 15.4 Å². The third kappa shape index (κ3) is 2.99. The van der Waals surface area contributed by atoms with Gasteiger partial charge in [0.05, 0.1) is 5.69 Å². The highest BCUT2D eigenvalue weighted by atomic mass is 16.5. The summed E-state index contributed by atoms with van der Waals surface area (Å²) in [4.78, 5) is 13.8. The van der Waals surface area contributed by atoms with Gasteiger partial charge in [0.2, 0.25) is 0 Å². The molecule has 0 aromatic heterocycles. The topological polar surface area (TPSA) is 55.6 Å². The van der Waals surface area contributed by atoms with Crippen LogP contribution in [0.1, 0.15) is 12.0 Å². The van der Waals surface area contributed by atoms with E-state index in [0.29, 0.717) is 12.2 Å². The van der Waals surface area contributed by atoms with Crippen LogP contribution in [0.3, 0.4) is 0 Å². The Kier molecular flexibility index (Phi) is 3.77. The van der Waals surface area contributed by atoms with E-state index >= 15 is 0 Å². The summed E-state index contributed by atoms with van der Waals surface area (Å²) >= 11 is 0. The van der Waals surface area contributed by atoms with Gasteiger partial charge in [-0.3, -0.25) is 4.79 Å². The molecule has 4 heteroatoms. The number of benzene rings is 2. The summed E-state index contributed by atoms with van der Waals surface area (Å²) in [5.74, 6) is 0.713. The first-order valence-electron chi connectivity index (χ1n) is 7.10. The number of nitrogens with two attached hydrogens (primary N) is 1. The van der Waals surface area contributed by atoms with Crippen molar-refractivity contribution >= 4 is 17.3 Å². The molecule has 21 heavy (non-hydrogen) atoms. The van der Waals surface area contributed by atoms with Crippen LogP contribution in [0.25, 0.3) is 0 Å². The van der Waals surface area contributed by atoms with Crippen LogP contribution in [0.4, 0.5) is 11.4 Å². The van der Waals surface area contributed by atoms with Crippen LogP contribution in [0.5, 0.6) is 5.75 Å². The third-order valence-electron chi connectivity index (χ3n) is 3.62. The number of rotatable bonds is 4. The van der Waals surface area contributed by atoms with E-state index in [-0.39, 0.29) is 12.5 Å². The number of nitrogen functional groups attached to an aromatic ring is 1. The number of hydrogen-bond acceptors (Lipinski definition) is 3. The quantitative estimate of drug-likeness (QED) is 0.877. The molecule has 108 valence electrons. The molecule has 0 aliphatic carbocycles. The van der Waals surface area contributed by atoms with E-state index < -0.39 is 0 Å². The lowest BCUT2D eigenvalue weighted by Crippen LogP contribution is -2.39. The lowest BCUT2D eigenvalue weighted by Gasteiger charge is -2.29. The monoisotopic (exact) mass is 282 g/mol. The van der Waals surface area contributed by atoms with Crippen molar-refractivity contribution < 1.29 is 9.53 Å². The number of fused-ring (bicyclic) bond motifs is 1. The molecule has 2 aromatic carbocycles. The largest absolute Gasteiger partial charge is 0.482 e. The zero-order valence-corrected chi connectivity index (χ0v) is 11.8. The predicted molar refractivity (Wildman–Crippen MR) is 83.5 cm³/mol. The summed E-state index contributed by atoms with van der Waals surface area (Å²) < 4.78 is 5.44. The normalized spacial score (nSPS) is 13.7. The van der Waals surface area contributed by atoms with Crippen molar-refractivity contribution in [2.24, 2.45) is 0 Å². The second kappa shape index (κ2) is 5.87. The van der Waals surface area contributed by atoms with Crippen LogP contribution in [0.15, 0.2) is 48.5 Å². The molecule has 2 aromatic rings. The van der Waals surface area contributed by atoms with E-state index in [0.717, 1.165) is 24.3 Å². The number of carbonyl (C=O) groups is 1. The van der Waals surface area contributed by atoms with Gasteiger partial charge in [-0.1, -0.05) is 30.3 Å². The first-order chi connectivity index (χ1) is 10.2. The average molecular weight is 282 g/mol. The highest BCUT2D eigenvalue weighted by Gasteiger charge is 2.25. The third-order valence-corrected chi connectivity index (χ3v) is 3.62. The zero-order chi connectivity index (χ0) is 14.7. The summed E-state index contributed by atoms with van der Waals surface area (Å²) in [6.45, 7) is 0.774. The van der Waals surface area contributed by atoms with Crippen LogP contribution >= 0.6 is 0 Å². The fourth-order valence-corrected chi connectivity index (χ4v) is 2.55. The van der Waals surface area contributed by atoms with E-state index in [1.54, 1.807) is 17.0 Å². The molecule has 3 rings (SSSR count). The first kappa shape index (κ1) is 13.5. The van der Waals surface area contributed by atoms with Gasteiger partial charge in [0.15, 0.2) is 6.61 Å². The maximum atomic E-state index is 12.1. The molecule has 1 amide bonds. The molecule has 1 aliphatic rings. The van der Waals surface area contributed by atoms with Gasteiger partial charge in [-0.25, -0.2) is 0 Å². The lowest BCUT2D eigenvalue weighted by atomic mass is 10.1. The molecule has 0 saturated carbocycles. The van der Waals surface area contributed by atoms with Crippen LogP contribution in [0, 0.1) is 0 Å². The van der Waals surface area contributed by atoms with Gasteiger partial charge in [-0.15, -0.1) is 0 Å². The number of amides is 1. The Morgan fingerprint density at radius 3 is 2.76 bits per heavy atom. The van der Waals surface area contributed by atoms with E-state index in [9.17, 15) is 4.79 Å². The summed E-state index contributed by atoms with van der Waals surface area (Å²) in [6, 6.07) is 15.7. The Balaban J connectivity index is 1.70. The molecule has 0 atom stereocenters. The number of ether oxygens (including phenoxy) is 1. The smallest absolute Gasteiger partial charge is 0.265 e. The molecule has 0 unspecified atom stereocenters. The van der Waals surface area contributed by atoms with Crippen molar-refractivity contribution in [3.05, 3.63) is 54.1 Å². The average Bonchev–Trinajstić information content (AvgIpc) is 2.50. The highest BCUT2D eigenvalue weighted by Crippen LogP contribution is 2.33. The van der Waals surface area contributed by atoms with Crippen LogP contribution < -0.4 is 15.4 Å². The van der Waals surface area contributed by atoms with Gasteiger partial charge in [-0.05, 0) is 36.6 Å². The lowest BCUT2D eigenvalue weighted by molar-refractivity contribution is -0.121. The van der Waals surface area contributed by atoms with Crippen LogP contribution in [-0.2, 0) is 11.2 Å². The number of aryl methyl sites for hydroxylation is 1. The molecule has 0 spiro atoms. The first-order valence-corrected chi connectivity index (χ1v) is 7.10. The molecule has 0 bridgehead atoms. The van der Waals surface area contributed by atoms with E-state index in [2.05, 4.69) is 12.1 Å². The summed E-state index contributed by atoms with van der Waals surface area (Å²) in [5, 5.41) is 0. The van der Waals surface area contributed by atoms with Crippen molar-refractivity contribution in [1.29, 1.82) is 0 Å². The minimum absolute atomic E-state index is 0.0128. The Bertz CT molecular complexity index is 640. The Morgan fingerprint density at radius 1 is 1.14 bits per heavy atom. The van der Waals surface area contributed by atoms with Gasteiger partial charge >= 0.3 is 0 Å². The molecule has 0 fully saturated rings. The van der Waals surface area contributed by atoms with Crippen LogP contribution in [-0.4, -0.2) is 19.1 Å². The molecular formula is C17H18N2O2. The molecule has 2 N–H and O–H groups in total. The van der Waals surface area contributed by atoms with Crippen molar-refractivity contribution in [3.63, 3.8) is 0 Å². The standard InChI is InChI=1S/C17H18N2O2/c18-14-8-9-16-15(11-14)19(17(20)12-21-16)10-4-7-13-5-2-1-3-6-13/h1-3,5-6,8-9,11H,4,7,10,12,18H2. The number of carbonyl (C=O) groups excluding carboxylic acids is 1. The fourth-order valence-electron chi connectivity index (χ4n) is 2.55. The number of anilines is 2. The van der Waals surface area contributed by atoms with Crippen LogP contribution in [0.2, 0.25) is 0 Å². The summed E-state index contributed by atoms with van der Waals surface area (Å²) in [7, 11) is 0. The maximum Gasteiger partial charge on any atom is 0.265 e. The van der Waals surface area contributed by atoms with Gasteiger partial charge in [0.25, 0.3) is 5.91 Å². The molecule has 0 radical (unpaired) electrons. The Morgan fingerprint density at radius 2 is 1.95 bits per heavy atom. The Labute approximate surface area is 124 Å². The molecular weight excluding hydrogens is 264 g/mol. The van der Waals surface area contributed by atoms with E-state index in [1.165, 1.54) is 5.56 Å². The van der Waals surface area contributed by atoms with Crippen molar-refractivity contribution in [2.75, 3.05) is 23.8 Å². The minimum atomic E-state index is -0.0128. The molecule has 1 aliphatic heterocycles. The van der Waals surface area contributed by atoms with Crippen molar-refractivity contribution in [1.82, 2.24) is 0 Å². The summed E-state index contributed by atoms with van der Waals surface area (Å²) in [6.07, 6.45) is 1.85. The van der Waals surface area contributed by atoms with Gasteiger partial charge in [0, 0.05) is 12.2 Å². The van der Waals surface area contributed by atoms with E-state index in [4.69, 9.17) is 10.5 Å². The van der Waals surface area contributed by atoms with Crippen molar-refractivity contribution in [3.8, 4) is 5.75 Å². The van der Waals surface area contributed by atoms with E-state index in [1.807, 2.05) is 24.3 Å². The molecule has 0 saturated heterocycles. The molecule has 4 nitrogen and oxygen atoms in total. The highest BCUT2D eigenvalue weighted by molar-refractivity contribution is 5.98. The maximum absolute atomic E-state index is 12.1. The Hall–Kier alpha value is -2.49. The fraction of sp³-hybridized carbons (Fsp3) is 0.235. The summed E-state index contributed by atoms with van der Waals surface area (Å²) in [5.41, 5.74) is 8.52. The van der Waals surface area contributed by atoms with Crippen molar-refractivity contribution in [2.45, 2.75) is 12.8 Å². The second-order valence-corrected chi connectivity index (χ2v) is 5.15. The van der Waals surface area contributed by atoms with Gasteiger partial charge in [0.1, 0.15) is 5.75 Å². The number of nitrogens with zero attached hydrogens (tertiary/aromatic N) is 1. The zero-order valence-electron chi connectivity index (χ0n) is 11.8. The second-order valence-electron chi connectivity index (χ2n) is 5.15. The minimum Gasteiger partial charge on any atom is -0.482 e. The predicted octanol–water partition coefficient (Wildman–Crippen LogP) is 2.63. The SMILES string of the molecule is Nc1ccc2c(c1)N(CCCc1ccccc1)C(=O)CO2. The molecule has 1 heterocycles.